The molecule has 0 aromatic rings. The molecule has 0 aromatic heterocycles. The lowest BCUT2D eigenvalue weighted by atomic mass is 9.98. The van der Waals surface area contributed by atoms with E-state index in [1.54, 1.807) is 0 Å². The molecule has 0 radical (unpaired) electrons. The summed E-state index contributed by atoms with van der Waals surface area (Å²) in [5, 5.41) is 9.48. The predicted molar refractivity (Wildman–Crippen MR) is 51.3 cm³/mol. The van der Waals surface area contributed by atoms with Gasteiger partial charge in [0, 0.05) is 11.9 Å². The van der Waals surface area contributed by atoms with Crippen LogP contribution in [0.3, 0.4) is 0 Å². The standard InChI is InChI=1S/C10H17NO/c1-10(2,12)7-6-9-5-3-4-8-11-9/h4,8,12H,3,5-7H2,1-2H3. The Hall–Kier alpha value is -0.630. The summed E-state index contributed by atoms with van der Waals surface area (Å²) in [7, 11) is 0. The van der Waals surface area contributed by atoms with Crippen molar-refractivity contribution in [3.63, 3.8) is 0 Å². The molecule has 2 nitrogen and oxygen atoms in total. The number of rotatable bonds is 3. The minimum absolute atomic E-state index is 0.552. The molecule has 0 saturated carbocycles. The van der Waals surface area contributed by atoms with Crippen LogP contribution in [0.15, 0.2) is 17.3 Å². The van der Waals surface area contributed by atoms with Gasteiger partial charge in [-0.05, 0) is 39.5 Å². The van der Waals surface area contributed by atoms with Crippen LogP contribution in [0.5, 0.6) is 0 Å². The lowest BCUT2D eigenvalue weighted by molar-refractivity contribution is 0.0732. The third-order valence-corrected chi connectivity index (χ3v) is 1.99. The fourth-order valence-corrected chi connectivity index (χ4v) is 1.19. The van der Waals surface area contributed by atoms with E-state index in [9.17, 15) is 5.11 Å². The number of aliphatic imine (C=N–C) groups is 1. The lowest BCUT2D eigenvalue weighted by Crippen LogP contribution is -2.20. The van der Waals surface area contributed by atoms with Crippen molar-refractivity contribution in [2.75, 3.05) is 0 Å². The van der Waals surface area contributed by atoms with E-state index in [0.29, 0.717) is 0 Å². The van der Waals surface area contributed by atoms with Crippen LogP contribution in [0.4, 0.5) is 0 Å². The molecule has 0 aliphatic carbocycles. The topological polar surface area (TPSA) is 32.6 Å². The number of hydrogen-bond acceptors (Lipinski definition) is 2. The first kappa shape index (κ1) is 9.46. The number of aliphatic hydroxyl groups is 1. The van der Waals surface area contributed by atoms with Crippen LogP contribution in [0, 0.1) is 0 Å². The monoisotopic (exact) mass is 167 g/mol. The largest absolute Gasteiger partial charge is 0.390 e. The fraction of sp³-hybridized carbons (Fsp3) is 0.700. The molecule has 0 saturated heterocycles. The van der Waals surface area contributed by atoms with E-state index < -0.39 is 5.60 Å². The molecule has 1 aliphatic heterocycles. The van der Waals surface area contributed by atoms with E-state index in [0.717, 1.165) is 25.7 Å². The molecule has 0 bridgehead atoms. The molecular formula is C10H17NO. The quantitative estimate of drug-likeness (QED) is 0.687. The van der Waals surface area contributed by atoms with Crippen LogP contribution in [0.2, 0.25) is 0 Å². The summed E-state index contributed by atoms with van der Waals surface area (Å²) in [6.07, 6.45) is 7.83. The van der Waals surface area contributed by atoms with Crippen LogP contribution in [0.25, 0.3) is 0 Å². The van der Waals surface area contributed by atoms with Crippen molar-refractivity contribution in [1.82, 2.24) is 0 Å². The molecule has 0 spiro atoms. The molecule has 0 aromatic carbocycles. The van der Waals surface area contributed by atoms with Gasteiger partial charge in [-0.15, -0.1) is 0 Å². The summed E-state index contributed by atoms with van der Waals surface area (Å²) in [5.41, 5.74) is 0.670. The average Bonchev–Trinajstić information content (AvgIpc) is 2.02. The van der Waals surface area contributed by atoms with Gasteiger partial charge in [-0.1, -0.05) is 6.08 Å². The molecule has 1 heterocycles. The Morgan fingerprint density at radius 2 is 2.33 bits per heavy atom. The highest BCUT2D eigenvalue weighted by Gasteiger charge is 2.13. The molecule has 68 valence electrons. The maximum Gasteiger partial charge on any atom is 0.0595 e. The van der Waals surface area contributed by atoms with Crippen LogP contribution in [-0.4, -0.2) is 16.4 Å². The molecular weight excluding hydrogens is 150 g/mol. The van der Waals surface area contributed by atoms with Gasteiger partial charge < -0.3 is 5.11 Å². The lowest BCUT2D eigenvalue weighted by Gasteiger charge is -2.17. The van der Waals surface area contributed by atoms with E-state index >= 15 is 0 Å². The van der Waals surface area contributed by atoms with Crippen molar-refractivity contribution in [2.24, 2.45) is 4.99 Å². The van der Waals surface area contributed by atoms with E-state index in [-0.39, 0.29) is 0 Å². The molecule has 12 heavy (non-hydrogen) atoms. The molecule has 1 rings (SSSR count). The smallest absolute Gasteiger partial charge is 0.0595 e. The van der Waals surface area contributed by atoms with Gasteiger partial charge in [-0.3, -0.25) is 4.99 Å². The van der Waals surface area contributed by atoms with Gasteiger partial charge in [0.1, 0.15) is 0 Å². The van der Waals surface area contributed by atoms with Crippen LogP contribution < -0.4 is 0 Å². The highest BCUT2D eigenvalue weighted by molar-refractivity contribution is 5.85. The van der Waals surface area contributed by atoms with Crippen molar-refractivity contribution < 1.29 is 5.11 Å². The Balaban J connectivity index is 2.32. The first-order valence-electron chi connectivity index (χ1n) is 4.51. The maximum absolute atomic E-state index is 9.48. The van der Waals surface area contributed by atoms with Gasteiger partial charge in [0.15, 0.2) is 0 Å². The Morgan fingerprint density at radius 3 is 2.83 bits per heavy atom. The summed E-state index contributed by atoms with van der Waals surface area (Å²) >= 11 is 0. The van der Waals surface area contributed by atoms with Crippen LogP contribution >= 0.6 is 0 Å². The molecule has 2 heteroatoms. The second-order valence-corrected chi connectivity index (χ2v) is 3.93. The summed E-state index contributed by atoms with van der Waals surface area (Å²) in [6, 6.07) is 0. The Kier molecular flexibility index (Phi) is 3.04. The van der Waals surface area contributed by atoms with Gasteiger partial charge in [0.2, 0.25) is 0 Å². The first-order chi connectivity index (χ1) is 5.58. The molecule has 0 fully saturated rings. The summed E-state index contributed by atoms with van der Waals surface area (Å²) < 4.78 is 0. The van der Waals surface area contributed by atoms with E-state index in [4.69, 9.17) is 0 Å². The van der Waals surface area contributed by atoms with E-state index in [1.807, 2.05) is 20.0 Å². The van der Waals surface area contributed by atoms with E-state index in [2.05, 4.69) is 11.1 Å². The van der Waals surface area contributed by atoms with Gasteiger partial charge in [0.25, 0.3) is 0 Å². The zero-order chi connectivity index (χ0) is 9.03. The highest BCUT2D eigenvalue weighted by atomic mass is 16.3. The fourth-order valence-electron chi connectivity index (χ4n) is 1.19. The summed E-state index contributed by atoms with van der Waals surface area (Å²) in [4.78, 5) is 4.26. The summed E-state index contributed by atoms with van der Waals surface area (Å²) in [5.74, 6) is 0. The third-order valence-electron chi connectivity index (χ3n) is 1.99. The number of nitrogens with zero attached hydrogens (tertiary/aromatic N) is 1. The SMILES string of the molecule is CC(C)(O)CCC1=NC=CCC1. The first-order valence-corrected chi connectivity index (χ1v) is 4.51. The minimum Gasteiger partial charge on any atom is -0.390 e. The van der Waals surface area contributed by atoms with Gasteiger partial charge >= 0.3 is 0 Å². The van der Waals surface area contributed by atoms with Crippen molar-refractivity contribution >= 4 is 5.71 Å². The molecule has 1 N–H and O–H groups in total. The predicted octanol–water partition coefficient (Wildman–Crippen LogP) is 2.29. The zero-order valence-corrected chi connectivity index (χ0v) is 7.88. The molecule has 0 amide bonds. The highest BCUT2D eigenvalue weighted by Crippen LogP contribution is 2.14. The Bertz CT molecular complexity index is 198. The van der Waals surface area contributed by atoms with E-state index in [1.165, 1.54) is 5.71 Å². The number of hydrogen-bond donors (Lipinski definition) is 1. The molecule has 0 unspecified atom stereocenters. The minimum atomic E-state index is -0.552. The van der Waals surface area contributed by atoms with Crippen molar-refractivity contribution in [3.8, 4) is 0 Å². The summed E-state index contributed by atoms with van der Waals surface area (Å²) in [6.45, 7) is 3.68. The van der Waals surface area contributed by atoms with Crippen LogP contribution in [-0.2, 0) is 0 Å². The Morgan fingerprint density at radius 1 is 1.58 bits per heavy atom. The van der Waals surface area contributed by atoms with Crippen molar-refractivity contribution in [3.05, 3.63) is 12.3 Å². The average molecular weight is 167 g/mol. The van der Waals surface area contributed by atoms with Crippen molar-refractivity contribution in [2.45, 2.75) is 45.1 Å². The second-order valence-electron chi connectivity index (χ2n) is 3.93. The van der Waals surface area contributed by atoms with Crippen molar-refractivity contribution in [1.29, 1.82) is 0 Å². The zero-order valence-electron chi connectivity index (χ0n) is 7.88. The normalized spacial score (nSPS) is 17.8. The molecule has 0 atom stereocenters. The second kappa shape index (κ2) is 3.85. The van der Waals surface area contributed by atoms with Crippen LogP contribution in [0.1, 0.15) is 39.5 Å². The maximum atomic E-state index is 9.48. The Labute approximate surface area is 74.0 Å². The number of allylic oxidation sites excluding steroid dienone is 1. The molecule has 1 aliphatic rings. The van der Waals surface area contributed by atoms with Gasteiger partial charge in [-0.2, -0.15) is 0 Å². The van der Waals surface area contributed by atoms with Gasteiger partial charge in [-0.25, -0.2) is 0 Å². The van der Waals surface area contributed by atoms with Gasteiger partial charge in [0.05, 0.1) is 5.60 Å². The third kappa shape index (κ3) is 3.67.